The summed E-state index contributed by atoms with van der Waals surface area (Å²) in [4.78, 5) is 16.3. The van der Waals surface area contributed by atoms with E-state index in [4.69, 9.17) is 20.8 Å². The van der Waals surface area contributed by atoms with Crippen LogP contribution in [0.5, 0.6) is 5.75 Å². The number of nitrogens with one attached hydrogen (secondary N) is 1. The molecule has 1 amide bonds. The zero-order chi connectivity index (χ0) is 19.1. The molecule has 0 atom stereocenters. The molecule has 0 aliphatic heterocycles. The van der Waals surface area contributed by atoms with Gasteiger partial charge >= 0.3 is 0 Å². The second-order valence-corrected chi connectivity index (χ2v) is 6.42. The number of rotatable bonds is 8. The first kappa shape index (κ1) is 19.0. The lowest BCUT2D eigenvalue weighted by atomic mass is 10.2. The fraction of sp³-hybridized carbons (Fsp3) is 0.238. The Kier molecular flexibility index (Phi) is 6.49. The number of benzene rings is 2. The number of carbonyl (C=O) groups is 1. The van der Waals surface area contributed by atoms with Crippen molar-refractivity contribution in [2.24, 2.45) is 0 Å². The molecule has 2 aromatic carbocycles. The summed E-state index contributed by atoms with van der Waals surface area (Å²) in [5, 5.41) is 3.56. The van der Waals surface area contributed by atoms with E-state index in [0.717, 1.165) is 16.9 Å². The van der Waals surface area contributed by atoms with E-state index in [9.17, 15) is 4.79 Å². The maximum absolute atomic E-state index is 12.0. The molecule has 0 aliphatic carbocycles. The molecule has 0 bridgehead atoms. The Hall–Kier alpha value is -2.79. The summed E-state index contributed by atoms with van der Waals surface area (Å²) in [6, 6.07) is 15.0. The molecule has 6 heteroatoms. The second-order valence-electron chi connectivity index (χ2n) is 5.98. The summed E-state index contributed by atoms with van der Waals surface area (Å²) in [6.07, 6.45) is 2.44. The molecule has 5 nitrogen and oxygen atoms in total. The molecule has 3 rings (SSSR count). The highest BCUT2D eigenvalue weighted by Crippen LogP contribution is 2.23. The van der Waals surface area contributed by atoms with Gasteiger partial charge < -0.3 is 14.5 Å². The molecule has 0 saturated carbocycles. The van der Waals surface area contributed by atoms with Crippen LogP contribution in [0.2, 0.25) is 5.02 Å². The Bertz CT molecular complexity index is 873. The van der Waals surface area contributed by atoms with Crippen molar-refractivity contribution in [1.82, 2.24) is 10.3 Å². The molecule has 0 spiro atoms. The van der Waals surface area contributed by atoms with E-state index in [0.29, 0.717) is 42.7 Å². The van der Waals surface area contributed by atoms with Gasteiger partial charge in [0.1, 0.15) is 5.75 Å². The van der Waals surface area contributed by atoms with Gasteiger partial charge in [0.15, 0.2) is 11.7 Å². The van der Waals surface area contributed by atoms with Gasteiger partial charge in [0.2, 0.25) is 5.91 Å². The summed E-state index contributed by atoms with van der Waals surface area (Å²) in [6.45, 7) is 3.05. The lowest BCUT2D eigenvalue weighted by Crippen LogP contribution is -2.22. The van der Waals surface area contributed by atoms with E-state index in [1.807, 2.05) is 43.3 Å². The van der Waals surface area contributed by atoms with Crippen LogP contribution < -0.4 is 10.1 Å². The summed E-state index contributed by atoms with van der Waals surface area (Å²) < 4.78 is 11.2. The Balaban J connectivity index is 1.48. The second kappa shape index (κ2) is 9.24. The molecular weight excluding hydrogens is 364 g/mol. The molecule has 27 heavy (non-hydrogen) atoms. The minimum absolute atomic E-state index is 0.0502. The normalized spacial score (nSPS) is 10.6. The number of nitrogens with zero attached hydrogens (tertiary/aromatic N) is 1. The molecular formula is C21H21ClN2O3. The van der Waals surface area contributed by atoms with Crippen molar-refractivity contribution < 1.29 is 13.9 Å². The zero-order valence-corrected chi connectivity index (χ0v) is 15.8. The van der Waals surface area contributed by atoms with Crippen LogP contribution >= 0.6 is 11.6 Å². The Morgan fingerprint density at radius 2 is 1.89 bits per heavy atom. The predicted molar refractivity (Wildman–Crippen MR) is 105 cm³/mol. The molecule has 1 N–H and O–H groups in total. The van der Waals surface area contributed by atoms with Crippen LogP contribution in [0.4, 0.5) is 0 Å². The lowest BCUT2D eigenvalue weighted by molar-refractivity contribution is -0.121. The minimum Gasteiger partial charge on any atom is -0.494 e. The molecule has 3 aromatic rings. The van der Waals surface area contributed by atoms with E-state index in [1.165, 1.54) is 0 Å². The van der Waals surface area contributed by atoms with Crippen LogP contribution in [0, 0.1) is 0 Å². The average molecular weight is 385 g/mol. The number of halogens is 1. The average Bonchev–Trinajstić information content (AvgIpc) is 3.16. The summed E-state index contributed by atoms with van der Waals surface area (Å²) >= 11 is 5.85. The van der Waals surface area contributed by atoms with Crippen LogP contribution in [0.25, 0.3) is 11.3 Å². The van der Waals surface area contributed by atoms with Crippen LogP contribution in [0.1, 0.15) is 24.8 Å². The fourth-order valence-electron chi connectivity index (χ4n) is 2.55. The van der Waals surface area contributed by atoms with Gasteiger partial charge in [-0.15, -0.1) is 0 Å². The van der Waals surface area contributed by atoms with E-state index in [-0.39, 0.29) is 5.91 Å². The maximum Gasteiger partial charge on any atom is 0.220 e. The molecule has 0 fully saturated rings. The van der Waals surface area contributed by atoms with Crippen molar-refractivity contribution in [3.63, 3.8) is 0 Å². The number of amides is 1. The Labute approximate surface area is 163 Å². The molecule has 1 aromatic heterocycles. The number of aromatic nitrogens is 1. The van der Waals surface area contributed by atoms with Crippen LogP contribution in [0.15, 0.2) is 59.1 Å². The van der Waals surface area contributed by atoms with Gasteiger partial charge in [-0.05, 0) is 48.9 Å². The minimum atomic E-state index is -0.0502. The van der Waals surface area contributed by atoms with Gasteiger partial charge in [-0.1, -0.05) is 23.7 Å². The van der Waals surface area contributed by atoms with Crippen LogP contribution in [0.3, 0.4) is 0 Å². The number of carbonyl (C=O) groups excluding carboxylic acids is 1. The van der Waals surface area contributed by atoms with Crippen molar-refractivity contribution in [3.8, 4) is 17.1 Å². The van der Waals surface area contributed by atoms with Gasteiger partial charge in [0.25, 0.3) is 0 Å². The molecule has 0 unspecified atom stereocenters. The first-order valence-electron chi connectivity index (χ1n) is 8.83. The van der Waals surface area contributed by atoms with Crippen LogP contribution in [-0.4, -0.2) is 17.5 Å². The monoisotopic (exact) mass is 384 g/mol. The summed E-state index contributed by atoms with van der Waals surface area (Å²) in [7, 11) is 0. The van der Waals surface area contributed by atoms with Gasteiger partial charge in [0.05, 0.1) is 12.8 Å². The van der Waals surface area contributed by atoms with Gasteiger partial charge in [-0.2, -0.15) is 0 Å². The van der Waals surface area contributed by atoms with Crippen molar-refractivity contribution >= 4 is 17.5 Å². The van der Waals surface area contributed by atoms with E-state index >= 15 is 0 Å². The van der Waals surface area contributed by atoms with Gasteiger partial charge in [-0.3, -0.25) is 4.79 Å². The first-order valence-corrected chi connectivity index (χ1v) is 9.21. The third-order valence-corrected chi connectivity index (χ3v) is 4.22. The third kappa shape index (κ3) is 5.59. The van der Waals surface area contributed by atoms with Crippen molar-refractivity contribution in [1.29, 1.82) is 0 Å². The number of hydrogen-bond donors (Lipinski definition) is 1. The van der Waals surface area contributed by atoms with Crippen LogP contribution in [-0.2, 0) is 17.8 Å². The molecule has 140 valence electrons. The number of ether oxygens (including phenoxy) is 1. The molecule has 0 saturated heterocycles. The summed E-state index contributed by atoms with van der Waals surface area (Å²) in [5.41, 5.74) is 1.92. The van der Waals surface area contributed by atoms with Gasteiger partial charge in [-0.25, -0.2) is 4.98 Å². The molecule has 0 radical (unpaired) electrons. The highest BCUT2D eigenvalue weighted by molar-refractivity contribution is 6.30. The quantitative estimate of drug-likeness (QED) is 0.614. The molecule has 1 heterocycles. The largest absolute Gasteiger partial charge is 0.494 e. The smallest absolute Gasteiger partial charge is 0.220 e. The highest BCUT2D eigenvalue weighted by Gasteiger charge is 2.09. The lowest BCUT2D eigenvalue weighted by Gasteiger charge is -2.04. The summed E-state index contributed by atoms with van der Waals surface area (Å²) in [5.74, 6) is 1.99. The number of aryl methyl sites for hydroxylation is 1. The Morgan fingerprint density at radius 3 is 2.59 bits per heavy atom. The van der Waals surface area contributed by atoms with E-state index < -0.39 is 0 Å². The zero-order valence-electron chi connectivity index (χ0n) is 15.1. The first-order chi connectivity index (χ1) is 13.1. The third-order valence-electron chi connectivity index (χ3n) is 3.97. The van der Waals surface area contributed by atoms with Gasteiger partial charge in [0, 0.05) is 30.0 Å². The predicted octanol–water partition coefficient (Wildman–Crippen LogP) is 4.64. The standard InChI is InChI=1S/C21H21ClN2O3/c1-2-26-18-9-5-16(6-10-18)19-14-24-21(27-19)12-11-20(25)23-13-15-3-7-17(22)8-4-15/h3-10,14H,2,11-13H2,1H3,(H,23,25). The van der Waals surface area contributed by atoms with Crippen molar-refractivity contribution in [2.45, 2.75) is 26.3 Å². The SMILES string of the molecule is CCOc1ccc(-c2cnc(CCC(=O)NCc3ccc(Cl)cc3)o2)cc1. The van der Waals surface area contributed by atoms with E-state index in [1.54, 1.807) is 18.3 Å². The highest BCUT2D eigenvalue weighted by atomic mass is 35.5. The topological polar surface area (TPSA) is 64.4 Å². The molecule has 0 aliphatic rings. The Morgan fingerprint density at radius 1 is 1.15 bits per heavy atom. The number of oxazole rings is 1. The fourth-order valence-corrected chi connectivity index (χ4v) is 2.68. The van der Waals surface area contributed by atoms with Crippen molar-refractivity contribution in [3.05, 3.63) is 71.2 Å². The maximum atomic E-state index is 12.0. The van der Waals surface area contributed by atoms with E-state index in [2.05, 4.69) is 10.3 Å². The number of hydrogen-bond acceptors (Lipinski definition) is 4. The van der Waals surface area contributed by atoms with Crippen molar-refractivity contribution in [2.75, 3.05) is 6.61 Å².